The topological polar surface area (TPSA) is 58.2 Å². The largest absolute Gasteiger partial charge is 0.359 e. The molecule has 0 saturated heterocycles. The predicted molar refractivity (Wildman–Crippen MR) is 88.0 cm³/mol. The first kappa shape index (κ1) is 15.8. The van der Waals surface area contributed by atoms with Gasteiger partial charge in [0.1, 0.15) is 0 Å². The van der Waals surface area contributed by atoms with Crippen molar-refractivity contribution < 1.29 is 9.59 Å². The van der Waals surface area contributed by atoms with Gasteiger partial charge in [-0.15, -0.1) is 0 Å². The van der Waals surface area contributed by atoms with Crippen LogP contribution in [0.4, 0.5) is 5.69 Å². The SMILES string of the molecule is CNC(=O)CCc1ccc(NC(=O)c2ccc(C)cc2)cc1. The zero-order chi connectivity index (χ0) is 15.9. The molecule has 0 bridgehead atoms. The molecule has 0 aliphatic heterocycles. The summed E-state index contributed by atoms with van der Waals surface area (Å²) in [6, 6.07) is 15.0. The highest BCUT2D eigenvalue weighted by atomic mass is 16.2. The number of carbonyl (C=O) groups excluding carboxylic acids is 2. The lowest BCUT2D eigenvalue weighted by molar-refractivity contribution is -0.120. The molecule has 22 heavy (non-hydrogen) atoms. The van der Waals surface area contributed by atoms with Crippen LogP contribution in [0.25, 0.3) is 0 Å². The molecule has 0 atom stereocenters. The Morgan fingerprint density at radius 2 is 1.59 bits per heavy atom. The van der Waals surface area contributed by atoms with Gasteiger partial charge < -0.3 is 10.6 Å². The van der Waals surface area contributed by atoms with Crippen LogP contribution in [0.1, 0.15) is 27.9 Å². The number of anilines is 1. The standard InChI is InChI=1S/C18H20N2O2/c1-13-3-8-15(9-4-13)18(22)20-16-10-5-14(6-11-16)7-12-17(21)19-2/h3-6,8-11H,7,12H2,1-2H3,(H,19,21)(H,20,22). The van der Waals surface area contributed by atoms with Crippen molar-refractivity contribution in [2.75, 3.05) is 12.4 Å². The van der Waals surface area contributed by atoms with Crippen LogP contribution in [0.3, 0.4) is 0 Å². The van der Waals surface area contributed by atoms with Crippen LogP contribution in [-0.2, 0) is 11.2 Å². The molecule has 2 aromatic carbocycles. The van der Waals surface area contributed by atoms with Gasteiger partial charge in [-0.2, -0.15) is 0 Å². The number of hydrogen-bond acceptors (Lipinski definition) is 2. The number of benzene rings is 2. The van der Waals surface area contributed by atoms with Gasteiger partial charge in [-0.05, 0) is 43.2 Å². The fourth-order valence-corrected chi connectivity index (χ4v) is 2.05. The van der Waals surface area contributed by atoms with Crippen LogP contribution in [0.5, 0.6) is 0 Å². The van der Waals surface area contributed by atoms with Crippen LogP contribution in [0, 0.1) is 6.92 Å². The maximum atomic E-state index is 12.1. The van der Waals surface area contributed by atoms with Crippen molar-refractivity contribution in [3.05, 3.63) is 65.2 Å². The van der Waals surface area contributed by atoms with Crippen LogP contribution >= 0.6 is 0 Å². The van der Waals surface area contributed by atoms with Crippen molar-refractivity contribution in [3.8, 4) is 0 Å². The quantitative estimate of drug-likeness (QED) is 0.891. The average Bonchev–Trinajstić information content (AvgIpc) is 2.54. The summed E-state index contributed by atoms with van der Waals surface area (Å²) in [6.07, 6.45) is 1.15. The van der Waals surface area contributed by atoms with Crippen LogP contribution in [0.15, 0.2) is 48.5 Å². The summed E-state index contributed by atoms with van der Waals surface area (Å²) in [5.74, 6) is -0.102. The van der Waals surface area contributed by atoms with E-state index in [2.05, 4.69) is 10.6 Å². The number of aryl methyl sites for hydroxylation is 2. The molecule has 0 spiro atoms. The minimum Gasteiger partial charge on any atom is -0.359 e. The highest BCUT2D eigenvalue weighted by molar-refractivity contribution is 6.04. The van der Waals surface area contributed by atoms with Crippen molar-refractivity contribution >= 4 is 17.5 Å². The third kappa shape index (κ3) is 4.45. The van der Waals surface area contributed by atoms with Crippen molar-refractivity contribution in [3.63, 3.8) is 0 Å². The molecule has 0 radical (unpaired) electrons. The van der Waals surface area contributed by atoms with Gasteiger partial charge in [-0.1, -0.05) is 29.8 Å². The normalized spacial score (nSPS) is 10.1. The monoisotopic (exact) mass is 296 g/mol. The molecule has 0 saturated carbocycles. The molecule has 114 valence electrons. The number of hydrogen-bond donors (Lipinski definition) is 2. The Balaban J connectivity index is 1.94. The van der Waals surface area contributed by atoms with Gasteiger partial charge in [0.05, 0.1) is 0 Å². The van der Waals surface area contributed by atoms with Gasteiger partial charge in [-0.3, -0.25) is 9.59 Å². The van der Waals surface area contributed by atoms with E-state index in [4.69, 9.17) is 0 Å². The van der Waals surface area contributed by atoms with E-state index in [9.17, 15) is 9.59 Å². The van der Waals surface area contributed by atoms with E-state index in [1.165, 1.54) is 0 Å². The van der Waals surface area contributed by atoms with Gasteiger partial charge in [-0.25, -0.2) is 0 Å². The zero-order valence-electron chi connectivity index (χ0n) is 12.8. The van der Waals surface area contributed by atoms with Gasteiger partial charge in [0, 0.05) is 24.7 Å². The Morgan fingerprint density at radius 3 is 2.18 bits per heavy atom. The summed E-state index contributed by atoms with van der Waals surface area (Å²) in [5.41, 5.74) is 3.57. The average molecular weight is 296 g/mol. The first-order valence-electron chi connectivity index (χ1n) is 7.26. The first-order chi connectivity index (χ1) is 10.6. The lowest BCUT2D eigenvalue weighted by Crippen LogP contribution is -2.17. The van der Waals surface area contributed by atoms with Crippen LogP contribution < -0.4 is 10.6 Å². The lowest BCUT2D eigenvalue weighted by atomic mass is 10.1. The maximum Gasteiger partial charge on any atom is 0.255 e. The van der Waals surface area contributed by atoms with Gasteiger partial charge in [0.2, 0.25) is 5.91 Å². The fraction of sp³-hybridized carbons (Fsp3) is 0.222. The second kappa shape index (κ2) is 7.41. The van der Waals surface area contributed by atoms with Crippen molar-refractivity contribution in [1.29, 1.82) is 0 Å². The Bertz CT molecular complexity index is 646. The van der Waals surface area contributed by atoms with Gasteiger partial charge in [0.15, 0.2) is 0 Å². The molecule has 0 unspecified atom stereocenters. The summed E-state index contributed by atoms with van der Waals surface area (Å²) in [4.78, 5) is 23.3. The van der Waals surface area contributed by atoms with Crippen LogP contribution in [0.2, 0.25) is 0 Å². The lowest BCUT2D eigenvalue weighted by Gasteiger charge is -2.07. The predicted octanol–water partition coefficient (Wildman–Crippen LogP) is 2.93. The molecule has 0 aliphatic rings. The smallest absolute Gasteiger partial charge is 0.255 e. The molecule has 0 aromatic heterocycles. The molecule has 2 N–H and O–H groups in total. The first-order valence-corrected chi connectivity index (χ1v) is 7.26. The summed E-state index contributed by atoms with van der Waals surface area (Å²) in [6.45, 7) is 1.99. The second-order valence-corrected chi connectivity index (χ2v) is 5.19. The van der Waals surface area contributed by atoms with Crippen LogP contribution in [-0.4, -0.2) is 18.9 Å². The molecule has 2 rings (SSSR count). The molecule has 2 amide bonds. The zero-order valence-corrected chi connectivity index (χ0v) is 12.8. The summed E-state index contributed by atoms with van der Waals surface area (Å²) in [5, 5.41) is 5.46. The van der Waals surface area contributed by atoms with E-state index < -0.39 is 0 Å². The molecule has 0 fully saturated rings. The second-order valence-electron chi connectivity index (χ2n) is 5.19. The number of nitrogens with one attached hydrogen (secondary N) is 2. The number of amides is 2. The Morgan fingerprint density at radius 1 is 0.955 bits per heavy atom. The van der Waals surface area contributed by atoms with E-state index in [1.54, 1.807) is 7.05 Å². The molecule has 0 heterocycles. The number of rotatable bonds is 5. The molecular weight excluding hydrogens is 276 g/mol. The molecule has 0 aliphatic carbocycles. The molecule has 4 nitrogen and oxygen atoms in total. The van der Waals surface area contributed by atoms with E-state index >= 15 is 0 Å². The van der Waals surface area contributed by atoms with Crippen molar-refractivity contribution in [1.82, 2.24) is 5.32 Å². The maximum absolute atomic E-state index is 12.1. The van der Waals surface area contributed by atoms with Gasteiger partial charge in [0.25, 0.3) is 5.91 Å². The van der Waals surface area contributed by atoms with Gasteiger partial charge >= 0.3 is 0 Å². The van der Waals surface area contributed by atoms with E-state index in [0.29, 0.717) is 18.4 Å². The van der Waals surface area contributed by atoms with Crippen molar-refractivity contribution in [2.24, 2.45) is 0 Å². The molecule has 4 heteroatoms. The third-order valence-corrected chi connectivity index (χ3v) is 3.45. The highest BCUT2D eigenvalue weighted by Crippen LogP contribution is 2.13. The number of carbonyl (C=O) groups is 2. The Hall–Kier alpha value is -2.62. The molecule has 2 aromatic rings. The summed E-state index contributed by atoms with van der Waals surface area (Å²) in [7, 11) is 1.63. The summed E-state index contributed by atoms with van der Waals surface area (Å²) < 4.78 is 0. The fourth-order valence-electron chi connectivity index (χ4n) is 2.05. The van der Waals surface area contributed by atoms with Crippen molar-refractivity contribution in [2.45, 2.75) is 19.8 Å². The minimum atomic E-state index is -0.127. The molecular formula is C18H20N2O2. The summed E-state index contributed by atoms with van der Waals surface area (Å²) >= 11 is 0. The van der Waals surface area contributed by atoms with E-state index in [-0.39, 0.29) is 11.8 Å². The Labute approximate surface area is 130 Å². The highest BCUT2D eigenvalue weighted by Gasteiger charge is 2.06. The third-order valence-electron chi connectivity index (χ3n) is 3.45. The van der Waals surface area contributed by atoms with E-state index in [0.717, 1.165) is 16.8 Å². The minimum absolute atomic E-state index is 0.0248. The van der Waals surface area contributed by atoms with E-state index in [1.807, 2.05) is 55.5 Å². The Kier molecular flexibility index (Phi) is 5.31.